The molecule has 0 spiro atoms. The van der Waals surface area contributed by atoms with Crippen molar-refractivity contribution >= 4 is 37.9 Å². The number of nitrogens with zero attached hydrogens (tertiary/aromatic N) is 1. The van der Waals surface area contributed by atoms with Crippen molar-refractivity contribution in [3.05, 3.63) is 69.0 Å². The largest absolute Gasteiger partial charge is 1.00 e. The van der Waals surface area contributed by atoms with Crippen molar-refractivity contribution in [3.63, 3.8) is 0 Å². The molecular weight excluding hydrogens is 417 g/mol. The van der Waals surface area contributed by atoms with E-state index in [2.05, 4.69) is 20.3 Å². The molecule has 0 bridgehead atoms. The van der Waals surface area contributed by atoms with Crippen LogP contribution in [0.2, 0.25) is 0 Å². The molecule has 0 aromatic heterocycles. The Morgan fingerprint density at radius 3 is 2.60 bits per heavy atom. The summed E-state index contributed by atoms with van der Waals surface area (Å²) in [5.41, 5.74) is 1.76. The van der Waals surface area contributed by atoms with Gasteiger partial charge in [-0.25, -0.2) is 0 Å². The molecular formula is C17H15BrNNaO4S. The van der Waals surface area contributed by atoms with Crippen LogP contribution in [-0.4, -0.2) is 21.4 Å². The maximum atomic E-state index is 12.1. The average Bonchev–Trinajstić information content (AvgIpc) is 2.52. The van der Waals surface area contributed by atoms with Crippen LogP contribution >= 0.6 is 15.9 Å². The molecule has 25 heavy (non-hydrogen) atoms. The molecule has 0 saturated heterocycles. The standard InChI is InChI=1S/C17H16BrNO4S.Na/c1-12-6-7-15(16(18)10-12)17(20)19-24(21,22)9-8-13-4-3-5-14(11-13)23-2;/h3-11H,1-2H3,(H,19,20);/q;+1/p-1/b9-8+;. The zero-order valence-corrected chi connectivity index (χ0v) is 18.5. The summed E-state index contributed by atoms with van der Waals surface area (Å²) < 4.78 is 32.9. The quantitative estimate of drug-likeness (QED) is 0.375. The third kappa shape index (κ3) is 6.60. The van der Waals surface area contributed by atoms with Crippen LogP contribution in [0.15, 0.2) is 56.7 Å². The minimum absolute atomic E-state index is 0. The van der Waals surface area contributed by atoms with Crippen LogP contribution in [0.5, 0.6) is 5.75 Å². The van der Waals surface area contributed by atoms with Gasteiger partial charge in [-0.3, -0.25) is 0 Å². The molecule has 2 rings (SSSR count). The summed E-state index contributed by atoms with van der Waals surface area (Å²) in [5, 5.41) is 13.0. The van der Waals surface area contributed by atoms with Crippen LogP contribution in [0.1, 0.15) is 16.7 Å². The molecule has 8 heteroatoms. The second-order valence-electron chi connectivity index (χ2n) is 4.97. The molecule has 126 valence electrons. The molecule has 2 aromatic carbocycles. The Labute approximate surface area is 177 Å². The SMILES string of the molecule is COc1cccc(/C=C/S(=O)(=O)/N=C(\[O-])c2ccc(C)cc2Br)c1.[Na+]. The summed E-state index contributed by atoms with van der Waals surface area (Å²) in [6.07, 6.45) is 1.36. The molecule has 0 heterocycles. The molecule has 0 aliphatic carbocycles. The minimum Gasteiger partial charge on any atom is -0.858 e. The van der Waals surface area contributed by atoms with E-state index in [1.54, 1.807) is 36.4 Å². The monoisotopic (exact) mass is 431 g/mol. The van der Waals surface area contributed by atoms with Crippen LogP contribution < -0.4 is 39.4 Å². The van der Waals surface area contributed by atoms with Gasteiger partial charge < -0.3 is 9.84 Å². The van der Waals surface area contributed by atoms with Gasteiger partial charge in [-0.05, 0) is 42.3 Å². The van der Waals surface area contributed by atoms with Crippen LogP contribution in [0.4, 0.5) is 0 Å². The first-order chi connectivity index (χ1) is 11.3. The van der Waals surface area contributed by atoms with Gasteiger partial charge in [-0.2, -0.15) is 12.8 Å². The second-order valence-corrected chi connectivity index (χ2v) is 7.31. The van der Waals surface area contributed by atoms with E-state index in [0.717, 1.165) is 11.0 Å². The first-order valence-corrected chi connectivity index (χ1v) is 9.21. The van der Waals surface area contributed by atoms with Crippen LogP contribution in [-0.2, 0) is 10.0 Å². The zero-order chi connectivity index (χ0) is 17.7. The topological polar surface area (TPSA) is 78.8 Å². The van der Waals surface area contributed by atoms with Crippen molar-refractivity contribution in [2.45, 2.75) is 6.92 Å². The van der Waals surface area contributed by atoms with E-state index in [1.165, 1.54) is 19.3 Å². The Bertz CT molecular complexity index is 911. The third-order valence-corrected chi connectivity index (χ3v) is 4.65. The first kappa shape index (κ1) is 21.9. The minimum atomic E-state index is -4.04. The van der Waals surface area contributed by atoms with Crippen LogP contribution in [0.3, 0.4) is 0 Å². The molecule has 0 aliphatic heterocycles. The van der Waals surface area contributed by atoms with Crippen molar-refractivity contribution in [2.75, 3.05) is 7.11 Å². The molecule has 0 amide bonds. The Balaban J connectivity index is 0.00000312. The number of hydrogen-bond donors (Lipinski definition) is 0. The van der Waals surface area contributed by atoms with E-state index in [1.807, 2.05) is 6.92 Å². The first-order valence-electron chi connectivity index (χ1n) is 6.91. The number of benzene rings is 2. The number of ether oxygens (including phenoxy) is 1. The van der Waals surface area contributed by atoms with E-state index >= 15 is 0 Å². The molecule has 0 radical (unpaired) electrons. The number of sulfonamides is 1. The van der Waals surface area contributed by atoms with Crippen molar-refractivity contribution in [1.82, 2.24) is 0 Å². The van der Waals surface area contributed by atoms with Gasteiger partial charge >= 0.3 is 29.6 Å². The van der Waals surface area contributed by atoms with Gasteiger partial charge in [0.2, 0.25) is 0 Å². The molecule has 2 aromatic rings. The maximum Gasteiger partial charge on any atom is 1.00 e. The van der Waals surface area contributed by atoms with E-state index in [-0.39, 0.29) is 35.1 Å². The van der Waals surface area contributed by atoms with E-state index in [4.69, 9.17) is 4.74 Å². The molecule has 0 N–H and O–H groups in total. The van der Waals surface area contributed by atoms with Gasteiger partial charge in [0.25, 0.3) is 10.0 Å². The summed E-state index contributed by atoms with van der Waals surface area (Å²) in [7, 11) is -2.52. The van der Waals surface area contributed by atoms with Gasteiger partial charge in [-0.15, -0.1) is 0 Å². The predicted octanol–water partition coefficient (Wildman–Crippen LogP) is -0.122. The van der Waals surface area contributed by atoms with Gasteiger partial charge in [0.15, 0.2) is 0 Å². The number of hydrogen-bond acceptors (Lipinski definition) is 4. The number of halogens is 1. The fourth-order valence-electron chi connectivity index (χ4n) is 1.90. The summed E-state index contributed by atoms with van der Waals surface area (Å²) in [5.74, 6) is -0.219. The summed E-state index contributed by atoms with van der Waals surface area (Å²) in [6.45, 7) is 1.86. The van der Waals surface area contributed by atoms with Crippen LogP contribution in [0.25, 0.3) is 6.08 Å². The number of rotatable bonds is 5. The summed E-state index contributed by atoms with van der Waals surface area (Å²) >= 11 is 3.24. The maximum absolute atomic E-state index is 12.1. The normalized spacial score (nSPS) is 12.0. The van der Waals surface area contributed by atoms with Gasteiger partial charge in [0.1, 0.15) is 5.75 Å². The van der Waals surface area contributed by atoms with Crippen molar-refractivity contribution in [3.8, 4) is 5.75 Å². The zero-order valence-electron chi connectivity index (χ0n) is 14.1. The summed E-state index contributed by atoms with van der Waals surface area (Å²) in [6, 6.07) is 11.8. The average molecular weight is 432 g/mol. The van der Waals surface area contributed by atoms with Gasteiger partial charge in [0, 0.05) is 15.9 Å². The molecule has 0 saturated carbocycles. The molecule has 0 atom stereocenters. The third-order valence-electron chi connectivity index (χ3n) is 3.09. The van der Waals surface area contributed by atoms with E-state index in [0.29, 0.717) is 15.8 Å². The molecule has 0 unspecified atom stereocenters. The van der Waals surface area contributed by atoms with Crippen LogP contribution in [0, 0.1) is 6.92 Å². The van der Waals surface area contributed by atoms with Crippen molar-refractivity contribution in [2.24, 2.45) is 4.40 Å². The fourth-order valence-corrected chi connectivity index (χ4v) is 3.28. The van der Waals surface area contributed by atoms with E-state index in [9.17, 15) is 13.5 Å². The number of aryl methyl sites for hydroxylation is 1. The van der Waals surface area contributed by atoms with Gasteiger partial charge in [-0.1, -0.05) is 40.2 Å². The molecule has 5 nitrogen and oxygen atoms in total. The Kier molecular flexibility index (Phi) is 8.37. The Morgan fingerprint density at radius 2 is 1.96 bits per heavy atom. The fraction of sp³-hybridized carbons (Fsp3) is 0.118. The Hall–Kier alpha value is -1.12. The second kappa shape index (κ2) is 9.54. The van der Waals surface area contributed by atoms with Crippen molar-refractivity contribution in [1.29, 1.82) is 0 Å². The van der Waals surface area contributed by atoms with Crippen molar-refractivity contribution < 1.29 is 47.8 Å². The smallest absolute Gasteiger partial charge is 0.858 e. The number of methoxy groups -OCH3 is 1. The molecule has 0 aliphatic rings. The van der Waals surface area contributed by atoms with E-state index < -0.39 is 15.9 Å². The Morgan fingerprint density at radius 1 is 1.24 bits per heavy atom. The predicted molar refractivity (Wildman–Crippen MR) is 96.4 cm³/mol. The molecule has 0 fully saturated rings. The van der Waals surface area contributed by atoms with Gasteiger partial charge in [0.05, 0.1) is 12.5 Å². The summed E-state index contributed by atoms with van der Waals surface area (Å²) in [4.78, 5) is 0.